The lowest BCUT2D eigenvalue weighted by Gasteiger charge is -2.07. The van der Waals surface area contributed by atoms with E-state index in [1.165, 1.54) is 0 Å². The van der Waals surface area contributed by atoms with Gasteiger partial charge in [0.15, 0.2) is 17.3 Å². The number of aromatic nitrogens is 2. The smallest absolute Gasteiger partial charge is 0.343 e. The molecule has 7 nitrogen and oxygen atoms in total. The zero-order chi connectivity index (χ0) is 22.3. The van der Waals surface area contributed by atoms with Gasteiger partial charge in [-0.15, -0.1) is 0 Å². The first kappa shape index (κ1) is 20.9. The topological polar surface area (TPSA) is 83.7 Å². The van der Waals surface area contributed by atoms with Crippen molar-refractivity contribution < 1.29 is 23.5 Å². The Morgan fingerprint density at radius 1 is 0.844 bits per heavy atom. The molecule has 0 bridgehead atoms. The van der Waals surface area contributed by atoms with Crippen molar-refractivity contribution >= 4 is 18.1 Å². The molecule has 3 aromatic carbocycles. The molecule has 32 heavy (non-hydrogen) atoms. The average Bonchev–Trinajstić information content (AvgIpc) is 3.32. The molecule has 160 valence electrons. The number of benzene rings is 3. The van der Waals surface area contributed by atoms with Crippen molar-refractivity contribution in [2.45, 2.75) is 0 Å². The number of para-hydroxylation sites is 1. The summed E-state index contributed by atoms with van der Waals surface area (Å²) in [5, 5.41) is 3.99. The number of methoxy groups -OCH3 is 2. The highest BCUT2D eigenvalue weighted by Gasteiger charge is 2.16. The number of rotatable bonds is 7. The molecular formula is C25H20N2O5. The Morgan fingerprint density at radius 3 is 2.38 bits per heavy atom. The summed E-state index contributed by atoms with van der Waals surface area (Å²) in [6.07, 6.45) is 3.55. The minimum Gasteiger partial charge on any atom is -0.493 e. The molecule has 1 aromatic heterocycles. The van der Waals surface area contributed by atoms with Gasteiger partial charge in [0.1, 0.15) is 5.75 Å². The van der Waals surface area contributed by atoms with E-state index in [1.54, 1.807) is 68.8 Å². The maximum absolute atomic E-state index is 12.4. The molecule has 0 saturated heterocycles. The molecule has 0 N–H and O–H groups in total. The number of esters is 1. The van der Waals surface area contributed by atoms with Crippen LogP contribution in [0.2, 0.25) is 0 Å². The standard InChI is InChI=1S/C25H20N2O5/c1-29-21-14-12-17(16-22(21)30-2)13-15-23-26-24(32-27-23)19-10-6-7-11-20(19)31-25(28)18-8-4-3-5-9-18/h3-16H,1-2H3/b15-13+. The van der Waals surface area contributed by atoms with Crippen molar-refractivity contribution in [3.05, 3.63) is 89.7 Å². The van der Waals surface area contributed by atoms with Crippen molar-refractivity contribution in [1.29, 1.82) is 0 Å². The second-order valence-corrected chi connectivity index (χ2v) is 6.66. The Kier molecular flexibility index (Phi) is 6.27. The average molecular weight is 428 g/mol. The monoisotopic (exact) mass is 428 g/mol. The van der Waals surface area contributed by atoms with Gasteiger partial charge in [0, 0.05) is 0 Å². The van der Waals surface area contributed by atoms with Crippen molar-refractivity contribution in [1.82, 2.24) is 10.1 Å². The number of ether oxygens (including phenoxy) is 3. The molecule has 0 aliphatic heterocycles. The fourth-order valence-corrected chi connectivity index (χ4v) is 3.00. The van der Waals surface area contributed by atoms with Gasteiger partial charge in [-0.25, -0.2) is 4.79 Å². The van der Waals surface area contributed by atoms with Gasteiger partial charge in [-0.2, -0.15) is 4.98 Å². The molecule has 0 aliphatic rings. The second-order valence-electron chi connectivity index (χ2n) is 6.66. The summed E-state index contributed by atoms with van der Waals surface area (Å²) in [6.45, 7) is 0. The lowest BCUT2D eigenvalue weighted by atomic mass is 10.2. The number of hydrogen-bond acceptors (Lipinski definition) is 7. The van der Waals surface area contributed by atoms with Crippen LogP contribution >= 0.6 is 0 Å². The Hall–Kier alpha value is -4.39. The highest BCUT2D eigenvalue weighted by molar-refractivity contribution is 5.91. The summed E-state index contributed by atoms with van der Waals surface area (Å²) in [5.74, 6) is 1.75. The van der Waals surface area contributed by atoms with Crippen LogP contribution in [0.1, 0.15) is 21.7 Å². The highest BCUT2D eigenvalue weighted by atomic mass is 16.5. The molecule has 4 rings (SSSR count). The Labute approximate surface area is 184 Å². The Morgan fingerprint density at radius 2 is 1.59 bits per heavy atom. The van der Waals surface area contributed by atoms with E-state index in [1.807, 2.05) is 30.3 Å². The third kappa shape index (κ3) is 4.67. The first-order valence-corrected chi connectivity index (χ1v) is 9.78. The summed E-state index contributed by atoms with van der Waals surface area (Å²) in [6, 6.07) is 21.3. The van der Waals surface area contributed by atoms with E-state index in [0.29, 0.717) is 34.2 Å². The van der Waals surface area contributed by atoms with E-state index in [0.717, 1.165) is 5.56 Å². The van der Waals surface area contributed by atoms with E-state index in [-0.39, 0.29) is 5.89 Å². The lowest BCUT2D eigenvalue weighted by molar-refractivity contribution is 0.0735. The largest absolute Gasteiger partial charge is 0.493 e. The molecule has 0 atom stereocenters. The van der Waals surface area contributed by atoms with E-state index < -0.39 is 5.97 Å². The Balaban J connectivity index is 1.54. The SMILES string of the molecule is COc1ccc(/C=C/c2noc(-c3ccccc3OC(=O)c3ccccc3)n2)cc1OC. The fourth-order valence-electron chi connectivity index (χ4n) is 3.00. The number of carbonyl (C=O) groups is 1. The molecule has 0 unspecified atom stereocenters. The van der Waals surface area contributed by atoms with Crippen LogP contribution in [0.15, 0.2) is 77.3 Å². The van der Waals surface area contributed by atoms with Crippen molar-refractivity contribution in [2.24, 2.45) is 0 Å². The van der Waals surface area contributed by atoms with Crippen LogP contribution in [0.5, 0.6) is 17.2 Å². The van der Waals surface area contributed by atoms with Crippen molar-refractivity contribution in [2.75, 3.05) is 14.2 Å². The number of carbonyl (C=O) groups excluding carboxylic acids is 1. The number of nitrogens with zero attached hydrogens (tertiary/aromatic N) is 2. The summed E-state index contributed by atoms with van der Waals surface area (Å²) >= 11 is 0. The summed E-state index contributed by atoms with van der Waals surface area (Å²) in [4.78, 5) is 16.8. The zero-order valence-electron chi connectivity index (χ0n) is 17.5. The van der Waals surface area contributed by atoms with E-state index in [2.05, 4.69) is 10.1 Å². The molecule has 0 spiro atoms. The van der Waals surface area contributed by atoms with Gasteiger partial charge in [-0.1, -0.05) is 47.6 Å². The molecule has 0 aliphatic carbocycles. The molecule has 0 radical (unpaired) electrons. The maximum Gasteiger partial charge on any atom is 0.343 e. The quantitative estimate of drug-likeness (QED) is 0.298. The molecule has 0 saturated carbocycles. The summed E-state index contributed by atoms with van der Waals surface area (Å²) in [7, 11) is 3.17. The predicted octanol–water partition coefficient (Wildman–Crippen LogP) is 5.14. The fraction of sp³-hybridized carbons (Fsp3) is 0.0800. The summed E-state index contributed by atoms with van der Waals surface area (Å²) in [5.41, 5.74) is 1.85. The molecule has 1 heterocycles. The van der Waals surface area contributed by atoms with Crippen LogP contribution in [0.25, 0.3) is 23.6 Å². The highest BCUT2D eigenvalue weighted by Crippen LogP contribution is 2.30. The molecule has 4 aromatic rings. The van der Waals surface area contributed by atoms with Crippen molar-refractivity contribution in [3.8, 4) is 28.7 Å². The second kappa shape index (κ2) is 9.61. The normalized spacial score (nSPS) is 10.8. The molecular weight excluding hydrogens is 408 g/mol. The van der Waals surface area contributed by atoms with Crippen molar-refractivity contribution in [3.63, 3.8) is 0 Å². The van der Waals surface area contributed by atoms with Gasteiger partial charge in [-0.3, -0.25) is 0 Å². The molecule has 0 fully saturated rings. The van der Waals surface area contributed by atoms with Crippen LogP contribution < -0.4 is 14.2 Å². The third-order valence-electron chi connectivity index (χ3n) is 4.60. The van der Waals surface area contributed by atoms with Gasteiger partial charge in [-0.05, 0) is 48.0 Å². The van der Waals surface area contributed by atoms with Gasteiger partial charge >= 0.3 is 5.97 Å². The number of hydrogen-bond donors (Lipinski definition) is 0. The van der Waals surface area contributed by atoms with Gasteiger partial charge in [0.25, 0.3) is 5.89 Å². The van der Waals surface area contributed by atoms with E-state index >= 15 is 0 Å². The van der Waals surface area contributed by atoms with Crippen LogP contribution in [-0.2, 0) is 0 Å². The zero-order valence-corrected chi connectivity index (χ0v) is 17.5. The van der Waals surface area contributed by atoms with Crippen LogP contribution in [0.3, 0.4) is 0 Å². The molecule has 0 amide bonds. The van der Waals surface area contributed by atoms with Crippen LogP contribution in [0.4, 0.5) is 0 Å². The molecule has 7 heteroatoms. The Bertz CT molecular complexity index is 1250. The first-order chi connectivity index (χ1) is 15.7. The van der Waals surface area contributed by atoms with Crippen LogP contribution in [-0.4, -0.2) is 30.3 Å². The van der Waals surface area contributed by atoms with Gasteiger partial charge in [0.05, 0.1) is 25.3 Å². The third-order valence-corrected chi connectivity index (χ3v) is 4.60. The van der Waals surface area contributed by atoms with Gasteiger partial charge < -0.3 is 18.7 Å². The van der Waals surface area contributed by atoms with Gasteiger partial charge in [0.2, 0.25) is 0 Å². The van der Waals surface area contributed by atoms with E-state index in [9.17, 15) is 4.79 Å². The maximum atomic E-state index is 12.4. The van der Waals surface area contributed by atoms with E-state index in [4.69, 9.17) is 18.7 Å². The minimum absolute atomic E-state index is 0.244. The minimum atomic E-state index is -0.467. The summed E-state index contributed by atoms with van der Waals surface area (Å²) < 4.78 is 21.5. The first-order valence-electron chi connectivity index (χ1n) is 9.78. The lowest BCUT2D eigenvalue weighted by Crippen LogP contribution is -2.08. The predicted molar refractivity (Wildman–Crippen MR) is 120 cm³/mol. The van der Waals surface area contributed by atoms with Crippen LogP contribution in [0, 0.1) is 0 Å².